The molecular formula is C15H22N2O. The molecule has 2 aromatic rings. The van der Waals surface area contributed by atoms with Gasteiger partial charge in [0.1, 0.15) is 12.4 Å². The number of aromatic nitrogens is 1. The number of fused-ring (bicyclic) bond motifs is 1. The molecule has 0 amide bonds. The van der Waals surface area contributed by atoms with E-state index in [1.165, 1.54) is 12.8 Å². The molecule has 0 aliphatic rings. The molecule has 3 heteroatoms. The van der Waals surface area contributed by atoms with Gasteiger partial charge in [0, 0.05) is 29.7 Å². The van der Waals surface area contributed by atoms with Crippen LogP contribution in [0.5, 0.6) is 5.75 Å². The number of hydrogen-bond donors (Lipinski definition) is 2. The largest absolute Gasteiger partial charge is 0.490 e. The fraction of sp³-hybridized carbons (Fsp3) is 0.467. The van der Waals surface area contributed by atoms with Crippen LogP contribution in [0, 0.1) is 0 Å². The van der Waals surface area contributed by atoms with Gasteiger partial charge in [-0.3, -0.25) is 0 Å². The Balaban J connectivity index is 1.80. The number of aromatic amines is 1. The molecule has 3 nitrogen and oxygen atoms in total. The molecule has 0 aliphatic carbocycles. The molecule has 0 radical (unpaired) electrons. The summed E-state index contributed by atoms with van der Waals surface area (Å²) in [6.07, 6.45) is 4.37. The molecule has 1 aromatic heterocycles. The lowest BCUT2D eigenvalue weighted by molar-refractivity contribution is 0.308. The van der Waals surface area contributed by atoms with E-state index < -0.39 is 0 Å². The Morgan fingerprint density at radius 2 is 2.17 bits per heavy atom. The van der Waals surface area contributed by atoms with Gasteiger partial charge in [-0.1, -0.05) is 25.5 Å². The summed E-state index contributed by atoms with van der Waals surface area (Å²) in [5.74, 6) is 0.940. The van der Waals surface area contributed by atoms with Crippen molar-refractivity contribution in [3.05, 3.63) is 30.5 Å². The topological polar surface area (TPSA) is 37.0 Å². The van der Waals surface area contributed by atoms with E-state index in [2.05, 4.69) is 36.3 Å². The predicted molar refractivity (Wildman–Crippen MR) is 76.2 cm³/mol. The van der Waals surface area contributed by atoms with Gasteiger partial charge < -0.3 is 15.0 Å². The Morgan fingerprint density at radius 3 is 3.00 bits per heavy atom. The first-order valence-corrected chi connectivity index (χ1v) is 6.73. The number of H-pyrrole nitrogens is 1. The molecule has 1 aromatic carbocycles. The Bertz CT molecular complexity index is 478. The Kier molecular flexibility index (Phi) is 4.65. The maximum Gasteiger partial charge on any atom is 0.144 e. The van der Waals surface area contributed by atoms with Crippen molar-refractivity contribution < 1.29 is 4.74 Å². The van der Waals surface area contributed by atoms with E-state index in [0.717, 1.165) is 23.2 Å². The molecule has 18 heavy (non-hydrogen) atoms. The molecule has 0 saturated carbocycles. The lowest BCUT2D eigenvalue weighted by Crippen LogP contribution is -2.29. The zero-order chi connectivity index (χ0) is 12.8. The number of rotatable bonds is 7. The quantitative estimate of drug-likeness (QED) is 0.735. The second-order valence-corrected chi connectivity index (χ2v) is 4.69. The van der Waals surface area contributed by atoms with Crippen LogP contribution in [0.1, 0.15) is 26.7 Å². The summed E-state index contributed by atoms with van der Waals surface area (Å²) >= 11 is 0. The third kappa shape index (κ3) is 3.26. The van der Waals surface area contributed by atoms with Crippen molar-refractivity contribution in [2.45, 2.75) is 32.7 Å². The average molecular weight is 246 g/mol. The van der Waals surface area contributed by atoms with E-state index in [4.69, 9.17) is 4.74 Å². The molecule has 2 N–H and O–H groups in total. The first kappa shape index (κ1) is 13.0. The smallest absolute Gasteiger partial charge is 0.144 e. The van der Waals surface area contributed by atoms with Gasteiger partial charge in [0.25, 0.3) is 0 Å². The maximum absolute atomic E-state index is 5.79. The van der Waals surface area contributed by atoms with Crippen LogP contribution in [0.2, 0.25) is 0 Å². The van der Waals surface area contributed by atoms with Gasteiger partial charge in [-0.15, -0.1) is 0 Å². The molecule has 1 heterocycles. The summed E-state index contributed by atoms with van der Waals surface area (Å²) in [7, 11) is 0. The van der Waals surface area contributed by atoms with Gasteiger partial charge >= 0.3 is 0 Å². The Morgan fingerprint density at radius 1 is 1.33 bits per heavy atom. The van der Waals surface area contributed by atoms with Gasteiger partial charge in [-0.05, 0) is 25.5 Å². The summed E-state index contributed by atoms with van der Waals surface area (Å²) in [5, 5.41) is 4.61. The Hall–Kier alpha value is -1.48. The molecule has 2 rings (SSSR count). The van der Waals surface area contributed by atoms with Crippen LogP contribution in [-0.4, -0.2) is 24.2 Å². The van der Waals surface area contributed by atoms with Gasteiger partial charge in [0.15, 0.2) is 0 Å². The minimum atomic E-state index is 0.571. The third-order valence-corrected chi connectivity index (χ3v) is 3.13. The normalized spacial score (nSPS) is 12.8. The van der Waals surface area contributed by atoms with Gasteiger partial charge in [0.2, 0.25) is 0 Å². The molecule has 98 valence electrons. The van der Waals surface area contributed by atoms with Crippen molar-refractivity contribution in [3.63, 3.8) is 0 Å². The molecular weight excluding hydrogens is 224 g/mol. The van der Waals surface area contributed by atoms with Crippen molar-refractivity contribution in [2.24, 2.45) is 0 Å². The summed E-state index contributed by atoms with van der Waals surface area (Å²) in [5.41, 5.74) is 1.12. The second-order valence-electron chi connectivity index (χ2n) is 4.69. The van der Waals surface area contributed by atoms with Crippen LogP contribution >= 0.6 is 0 Å². The highest BCUT2D eigenvalue weighted by Gasteiger charge is 2.03. The van der Waals surface area contributed by atoms with E-state index >= 15 is 0 Å². The first-order chi connectivity index (χ1) is 8.81. The zero-order valence-corrected chi connectivity index (χ0v) is 11.2. The molecule has 0 fully saturated rings. The zero-order valence-electron chi connectivity index (χ0n) is 11.2. The highest BCUT2D eigenvalue weighted by atomic mass is 16.5. The Labute approximate surface area is 109 Å². The predicted octanol–water partition coefficient (Wildman–Crippen LogP) is 3.32. The highest BCUT2D eigenvalue weighted by molar-refractivity contribution is 5.85. The van der Waals surface area contributed by atoms with Crippen LogP contribution in [0.15, 0.2) is 30.5 Å². The monoisotopic (exact) mass is 246 g/mol. The summed E-state index contributed by atoms with van der Waals surface area (Å²) < 4.78 is 5.79. The maximum atomic E-state index is 5.79. The fourth-order valence-corrected chi connectivity index (χ4v) is 2.17. The summed E-state index contributed by atoms with van der Waals surface area (Å²) in [6, 6.07) is 8.76. The lowest BCUT2D eigenvalue weighted by Gasteiger charge is -2.12. The SMILES string of the molecule is CCCC(C)NCCOc1c[nH]c2ccccc12. The number of benzene rings is 1. The van der Waals surface area contributed by atoms with Crippen LogP contribution in [0.25, 0.3) is 10.9 Å². The third-order valence-electron chi connectivity index (χ3n) is 3.13. The van der Waals surface area contributed by atoms with Crippen molar-refractivity contribution in [1.82, 2.24) is 10.3 Å². The van der Waals surface area contributed by atoms with Crippen LogP contribution in [0.3, 0.4) is 0 Å². The molecule has 0 aliphatic heterocycles. The number of para-hydroxylation sites is 1. The van der Waals surface area contributed by atoms with Crippen molar-refractivity contribution in [3.8, 4) is 5.75 Å². The van der Waals surface area contributed by atoms with E-state index in [-0.39, 0.29) is 0 Å². The van der Waals surface area contributed by atoms with Gasteiger partial charge in [0.05, 0.1) is 0 Å². The van der Waals surface area contributed by atoms with E-state index in [1.807, 2.05) is 18.3 Å². The van der Waals surface area contributed by atoms with Gasteiger partial charge in [-0.2, -0.15) is 0 Å². The van der Waals surface area contributed by atoms with Crippen molar-refractivity contribution >= 4 is 10.9 Å². The van der Waals surface area contributed by atoms with Gasteiger partial charge in [-0.25, -0.2) is 0 Å². The molecule has 1 unspecified atom stereocenters. The molecule has 0 saturated heterocycles. The van der Waals surface area contributed by atoms with Crippen molar-refractivity contribution in [1.29, 1.82) is 0 Å². The first-order valence-electron chi connectivity index (χ1n) is 6.73. The van der Waals surface area contributed by atoms with Crippen LogP contribution in [-0.2, 0) is 0 Å². The molecule has 1 atom stereocenters. The molecule has 0 spiro atoms. The minimum absolute atomic E-state index is 0.571. The van der Waals surface area contributed by atoms with E-state index in [9.17, 15) is 0 Å². The molecule has 0 bridgehead atoms. The van der Waals surface area contributed by atoms with E-state index in [1.54, 1.807) is 0 Å². The summed E-state index contributed by atoms with van der Waals surface area (Å²) in [6.45, 7) is 6.02. The van der Waals surface area contributed by atoms with Crippen LogP contribution < -0.4 is 10.1 Å². The minimum Gasteiger partial charge on any atom is -0.490 e. The average Bonchev–Trinajstić information content (AvgIpc) is 2.78. The van der Waals surface area contributed by atoms with Crippen molar-refractivity contribution in [2.75, 3.05) is 13.2 Å². The number of nitrogens with one attached hydrogen (secondary N) is 2. The van der Waals surface area contributed by atoms with Crippen LogP contribution in [0.4, 0.5) is 0 Å². The lowest BCUT2D eigenvalue weighted by atomic mass is 10.2. The fourth-order valence-electron chi connectivity index (χ4n) is 2.17. The highest BCUT2D eigenvalue weighted by Crippen LogP contribution is 2.24. The number of hydrogen-bond acceptors (Lipinski definition) is 2. The summed E-state index contributed by atoms with van der Waals surface area (Å²) in [4.78, 5) is 3.21. The van der Waals surface area contributed by atoms with E-state index in [0.29, 0.717) is 12.6 Å². The number of ether oxygens (including phenoxy) is 1. The second kappa shape index (κ2) is 6.45. The standard InChI is InChI=1S/C15H22N2O/c1-3-6-12(2)16-9-10-18-15-11-17-14-8-5-4-7-13(14)15/h4-5,7-8,11-12,16-17H,3,6,9-10H2,1-2H3.